The molecule has 0 fully saturated rings. The molecule has 58 heavy (non-hydrogen) atoms. The van der Waals surface area contributed by atoms with E-state index in [1.165, 1.54) is 0 Å². The number of nitrogens with zero attached hydrogens (tertiary/aromatic N) is 2. The van der Waals surface area contributed by atoms with E-state index in [2.05, 4.69) is 34.3 Å². The number of aliphatic hydroxyl groups is 4. The molecule has 0 radical (unpaired) electrons. The van der Waals surface area contributed by atoms with Crippen LogP contribution in [0.3, 0.4) is 0 Å². The summed E-state index contributed by atoms with van der Waals surface area (Å²) in [4.78, 5) is 4.84. The van der Waals surface area contributed by atoms with E-state index in [0.29, 0.717) is 52.7 Å². The molecule has 0 amide bonds. The lowest BCUT2D eigenvalue weighted by Gasteiger charge is -2.31. The lowest BCUT2D eigenvalue weighted by Crippen LogP contribution is -2.46. The third-order valence-electron chi connectivity index (χ3n) is 8.79. The molecule has 0 aromatic carbocycles. The highest BCUT2D eigenvalue weighted by molar-refractivity contribution is 4.72. The Labute approximate surface area is 352 Å². The number of nitrogens with one attached hydrogen (secondary N) is 2. The quantitative estimate of drug-likeness (QED) is 0.0487. The molecule has 12 atom stereocenters. The van der Waals surface area contributed by atoms with Gasteiger partial charge < -0.3 is 69.0 Å². The van der Waals surface area contributed by atoms with Gasteiger partial charge in [0.2, 0.25) is 0 Å². The van der Waals surface area contributed by atoms with Crippen molar-refractivity contribution >= 4 is 0 Å². The molecule has 0 aliphatic carbocycles. The minimum Gasteiger partial charge on any atom is -0.391 e. The van der Waals surface area contributed by atoms with Crippen molar-refractivity contribution in [1.82, 2.24) is 20.4 Å². The van der Waals surface area contributed by atoms with E-state index in [9.17, 15) is 20.4 Å². The van der Waals surface area contributed by atoms with Crippen LogP contribution >= 0.6 is 0 Å². The van der Waals surface area contributed by atoms with Gasteiger partial charge in [-0.25, -0.2) is 0 Å². The predicted molar refractivity (Wildman–Crippen MR) is 229 cm³/mol. The number of aliphatic hydroxyl groups excluding tert-OH is 4. The van der Waals surface area contributed by atoms with Crippen LogP contribution in [0.15, 0.2) is 0 Å². The third-order valence-corrected chi connectivity index (χ3v) is 8.79. The Balaban J connectivity index is 5.42. The van der Waals surface area contributed by atoms with Crippen molar-refractivity contribution in [3.63, 3.8) is 0 Å². The van der Waals surface area contributed by atoms with E-state index in [-0.39, 0.29) is 62.0 Å². The van der Waals surface area contributed by atoms with Gasteiger partial charge in [-0.1, -0.05) is 0 Å². The van der Waals surface area contributed by atoms with E-state index >= 15 is 0 Å². The summed E-state index contributed by atoms with van der Waals surface area (Å²) in [5.74, 6) is 0. The molecular formula is C42H90N4O12. The maximum atomic E-state index is 9.60. The zero-order chi connectivity index (χ0) is 43.9. The zero-order valence-corrected chi connectivity index (χ0v) is 38.6. The second-order valence-corrected chi connectivity index (χ2v) is 16.6. The summed E-state index contributed by atoms with van der Waals surface area (Å²) >= 11 is 0. The number of ether oxygens (including phenoxy) is 8. The Kier molecular flexibility index (Phi) is 35.5. The fraction of sp³-hybridized carbons (Fsp3) is 1.00. The van der Waals surface area contributed by atoms with Gasteiger partial charge in [0.1, 0.15) is 0 Å². The first-order valence-corrected chi connectivity index (χ1v) is 21.9. The third kappa shape index (κ3) is 37.1. The summed E-state index contributed by atoms with van der Waals surface area (Å²) in [5.41, 5.74) is 0. The number of hydrogen-bond acceptors (Lipinski definition) is 16. The van der Waals surface area contributed by atoms with Crippen LogP contribution in [0.5, 0.6) is 0 Å². The van der Waals surface area contributed by atoms with Crippen LogP contribution in [0.4, 0.5) is 0 Å². The molecule has 0 rings (SSSR count). The van der Waals surface area contributed by atoms with Crippen LogP contribution in [0, 0.1) is 0 Å². The summed E-state index contributed by atoms with van der Waals surface area (Å²) in [5, 5.41) is 45.3. The summed E-state index contributed by atoms with van der Waals surface area (Å²) in [7, 11) is 0. The van der Waals surface area contributed by atoms with Gasteiger partial charge in [-0.05, 0) is 83.1 Å². The second-order valence-electron chi connectivity index (χ2n) is 16.6. The van der Waals surface area contributed by atoms with Crippen LogP contribution < -0.4 is 10.6 Å². The van der Waals surface area contributed by atoms with E-state index < -0.39 is 24.4 Å². The monoisotopic (exact) mass is 843 g/mol. The molecule has 16 nitrogen and oxygen atoms in total. The summed E-state index contributed by atoms with van der Waals surface area (Å²) in [6.07, 6.45) is -2.56. The topological polar surface area (TPSA) is 185 Å². The van der Waals surface area contributed by atoms with E-state index in [1.807, 2.05) is 41.5 Å². The van der Waals surface area contributed by atoms with Gasteiger partial charge in [0, 0.05) is 65.4 Å². The van der Waals surface area contributed by atoms with Gasteiger partial charge in [0.05, 0.1) is 126 Å². The number of hydrogen-bond donors (Lipinski definition) is 6. The normalized spacial score (nSPS) is 18.7. The van der Waals surface area contributed by atoms with Crippen LogP contribution in [0.2, 0.25) is 0 Å². The smallest absolute Gasteiger partial charge is 0.0781 e. The fourth-order valence-corrected chi connectivity index (χ4v) is 5.51. The highest BCUT2D eigenvalue weighted by Crippen LogP contribution is 2.06. The van der Waals surface area contributed by atoms with E-state index in [1.54, 1.807) is 27.7 Å². The molecule has 16 heteroatoms. The summed E-state index contributed by atoms with van der Waals surface area (Å²) in [6.45, 7) is 33.5. The van der Waals surface area contributed by atoms with Gasteiger partial charge in [-0.2, -0.15) is 0 Å². The van der Waals surface area contributed by atoms with Gasteiger partial charge in [0.15, 0.2) is 0 Å². The van der Waals surface area contributed by atoms with Crippen molar-refractivity contribution in [3.8, 4) is 0 Å². The standard InChI is InChI=1S/C42H90N4O12/c1-31(47)23-51-39(9)27-55-35(5)19-43-13-15-45(21-37(7)57-29-41(11)53-25-33(3)49)17-18-46(22-38(8)58-30-42(12)54-26-34(4)50)16-14-44-20-36(6)56-28-40(10)52-24-32(2)48/h31-44,47-50H,13-30H2,1-12H3. The van der Waals surface area contributed by atoms with E-state index in [0.717, 1.165) is 52.4 Å². The lowest BCUT2D eigenvalue weighted by atomic mass is 10.3. The first-order valence-electron chi connectivity index (χ1n) is 21.9. The Morgan fingerprint density at radius 1 is 0.328 bits per heavy atom. The Morgan fingerprint density at radius 2 is 0.569 bits per heavy atom. The Morgan fingerprint density at radius 3 is 0.828 bits per heavy atom. The zero-order valence-electron chi connectivity index (χ0n) is 38.6. The fourth-order valence-electron chi connectivity index (χ4n) is 5.51. The molecule has 350 valence electrons. The van der Waals surface area contributed by atoms with Crippen molar-refractivity contribution in [1.29, 1.82) is 0 Å². The minimum atomic E-state index is -0.520. The SMILES string of the molecule is CC(O)COC(C)COC(C)CNCCN(CCN(CCNCC(C)OCC(C)OCC(C)O)CC(C)OCC(C)OCC(C)O)CC(C)OCC(C)OCC(C)O. The van der Waals surface area contributed by atoms with Crippen molar-refractivity contribution in [3.05, 3.63) is 0 Å². The number of rotatable bonds is 41. The van der Waals surface area contributed by atoms with Gasteiger partial charge in [-0.3, -0.25) is 9.80 Å². The van der Waals surface area contributed by atoms with Crippen LogP contribution in [-0.2, 0) is 37.9 Å². The molecule has 0 bridgehead atoms. The van der Waals surface area contributed by atoms with Crippen LogP contribution in [-0.4, -0.2) is 222 Å². The summed E-state index contributed by atoms with van der Waals surface area (Å²) in [6, 6.07) is 0. The molecule has 0 aliphatic rings. The molecule has 0 heterocycles. The second kappa shape index (κ2) is 35.9. The first kappa shape index (κ1) is 57.4. The minimum absolute atomic E-state index is 0.000928. The maximum absolute atomic E-state index is 9.60. The van der Waals surface area contributed by atoms with Gasteiger partial charge in [-0.15, -0.1) is 0 Å². The molecule has 0 aliphatic heterocycles. The molecular weight excluding hydrogens is 752 g/mol. The highest BCUT2D eigenvalue weighted by atomic mass is 16.6. The Hall–Kier alpha value is -0.640. The van der Waals surface area contributed by atoms with Gasteiger partial charge in [0.25, 0.3) is 0 Å². The van der Waals surface area contributed by atoms with Crippen molar-refractivity contribution in [2.45, 2.75) is 156 Å². The maximum Gasteiger partial charge on any atom is 0.0781 e. The van der Waals surface area contributed by atoms with Gasteiger partial charge >= 0.3 is 0 Å². The molecule has 0 aromatic heterocycles. The molecule has 12 unspecified atom stereocenters. The van der Waals surface area contributed by atoms with Crippen LogP contribution in [0.25, 0.3) is 0 Å². The largest absolute Gasteiger partial charge is 0.391 e. The lowest BCUT2D eigenvalue weighted by molar-refractivity contribution is -0.0609. The molecule has 0 saturated heterocycles. The van der Waals surface area contributed by atoms with Crippen molar-refractivity contribution in [2.75, 3.05) is 118 Å². The van der Waals surface area contributed by atoms with Crippen LogP contribution in [0.1, 0.15) is 83.1 Å². The predicted octanol–water partition coefficient (Wildman–Crippen LogP) is 1.53. The van der Waals surface area contributed by atoms with E-state index in [4.69, 9.17) is 37.9 Å². The average Bonchev–Trinajstić information content (AvgIpc) is 3.16. The highest BCUT2D eigenvalue weighted by Gasteiger charge is 2.18. The Bertz CT molecular complexity index is 842. The molecule has 0 saturated carbocycles. The van der Waals surface area contributed by atoms with Crippen molar-refractivity contribution in [2.24, 2.45) is 0 Å². The molecule has 0 spiro atoms. The first-order chi connectivity index (χ1) is 27.4. The molecule has 6 N–H and O–H groups in total. The average molecular weight is 843 g/mol. The molecule has 0 aromatic rings. The van der Waals surface area contributed by atoms with Crippen molar-refractivity contribution < 1.29 is 58.3 Å². The summed E-state index contributed by atoms with van der Waals surface area (Å²) < 4.78 is 47.0.